The molecule has 6 nitrogen and oxygen atoms in total. The zero-order valence-electron chi connectivity index (χ0n) is 17.0. The number of nitrogens with zero attached hydrogens (tertiary/aromatic N) is 2. The van der Waals surface area contributed by atoms with E-state index < -0.39 is 16.0 Å². The Bertz CT molecular complexity index is 994. The van der Waals surface area contributed by atoms with Crippen LogP contribution >= 0.6 is 0 Å². The summed E-state index contributed by atoms with van der Waals surface area (Å²) in [5, 5.41) is 0. The lowest BCUT2D eigenvalue weighted by Gasteiger charge is -2.16. The van der Waals surface area contributed by atoms with Crippen LogP contribution < -0.4 is 0 Å². The number of sulfonamides is 1. The Kier molecular flexibility index (Phi) is 6.52. The highest BCUT2D eigenvalue weighted by atomic mass is 32.2. The fourth-order valence-corrected chi connectivity index (χ4v) is 4.58. The molecule has 2 aromatic carbocycles. The molecule has 0 N–H and O–H groups in total. The first-order valence-corrected chi connectivity index (χ1v) is 11.0. The number of benzene rings is 2. The molecule has 0 amide bonds. The zero-order valence-corrected chi connectivity index (χ0v) is 17.8. The van der Waals surface area contributed by atoms with Crippen molar-refractivity contribution in [2.24, 2.45) is 0 Å². The van der Waals surface area contributed by atoms with Crippen LogP contribution in [0.25, 0.3) is 11.1 Å². The fraction of sp³-hybridized carbons (Fsp3) is 0.318. The van der Waals surface area contributed by atoms with Gasteiger partial charge in [0.1, 0.15) is 0 Å². The van der Waals surface area contributed by atoms with Gasteiger partial charge in [0.05, 0.1) is 11.5 Å². The number of hydrogen-bond donors (Lipinski definition) is 0. The number of rotatable bonds is 7. The van der Waals surface area contributed by atoms with Gasteiger partial charge in [0.2, 0.25) is 10.0 Å². The zero-order chi connectivity index (χ0) is 21.0. The van der Waals surface area contributed by atoms with Crippen LogP contribution in [0.4, 0.5) is 0 Å². The first kappa shape index (κ1) is 21.2. The van der Waals surface area contributed by atoms with Crippen LogP contribution in [0.2, 0.25) is 0 Å². The van der Waals surface area contributed by atoms with Crippen LogP contribution in [0.1, 0.15) is 12.5 Å². The average Bonchev–Trinajstić information content (AvgIpc) is 3.20. The summed E-state index contributed by atoms with van der Waals surface area (Å²) in [5.41, 5.74) is 3.58. The lowest BCUT2D eigenvalue weighted by atomic mass is 10.0. The van der Waals surface area contributed by atoms with Gasteiger partial charge in [-0.1, -0.05) is 42.5 Å². The van der Waals surface area contributed by atoms with Gasteiger partial charge in [-0.05, 0) is 49.8 Å². The molecule has 3 rings (SSSR count). The summed E-state index contributed by atoms with van der Waals surface area (Å²) in [6, 6.07) is 15.1. The van der Waals surface area contributed by atoms with Crippen LogP contribution in [-0.4, -0.2) is 57.4 Å². The summed E-state index contributed by atoms with van der Waals surface area (Å²) < 4.78 is 32.0. The van der Waals surface area contributed by atoms with Gasteiger partial charge in [-0.3, -0.25) is 0 Å². The first-order valence-electron chi connectivity index (χ1n) is 9.51. The van der Waals surface area contributed by atoms with E-state index in [4.69, 9.17) is 4.74 Å². The van der Waals surface area contributed by atoms with Gasteiger partial charge in [-0.2, -0.15) is 4.31 Å². The van der Waals surface area contributed by atoms with Crippen molar-refractivity contribution in [1.29, 1.82) is 0 Å². The monoisotopic (exact) mass is 414 g/mol. The number of esters is 1. The highest BCUT2D eigenvalue weighted by molar-refractivity contribution is 7.89. The third-order valence-corrected chi connectivity index (χ3v) is 6.53. The molecule has 0 aromatic heterocycles. The second-order valence-corrected chi connectivity index (χ2v) is 9.14. The van der Waals surface area contributed by atoms with E-state index in [1.807, 2.05) is 38.4 Å². The summed E-state index contributed by atoms with van der Waals surface area (Å²) in [7, 11) is 0.382. The molecule has 0 saturated carbocycles. The summed E-state index contributed by atoms with van der Waals surface area (Å²) >= 11 is 0. The van der Waals surface area contributed by atoms with E-state index in [2.05, 4.69) is 17.0 Å². The molecular weight excluding hydrogens is 388 g/mol. The molecule has 29 heavy (non-hydrogen) atoms. The summed E-state index contributed by atoms with van der Waals surface area (Å²) in [5.74, 6) is -0.460. The first-order chi connectivity index (χ1) is 13.8. The molecule has 1 aliphatic rings. The smallest absolute Gasteiger partial charge is 0.335 e. The van der Waals surface area contributed by atoms with E-state index in [0.29, 0.717) is 5.57 Å². The SMILES string of the molecule is CCOC(=O)C1=CCN(S(=O)(=O)c2ccc(-c3ccc(CN(C)C)cc3)cc2)C1. The van der Waals surface area contributed by atoms with E-state index in [-0.39, 0.29) is 24.6 Å². The van der Waals surface area contributed by atoms with Gasteiger partial charge in [-0.15, -0.1) is 0 Å². The maximum Gasteiger partial charge on any atom is 0.335 e. The van der Waals surface area contributed by atoms with Crippen molar-refractivity contribution in [1.82, 2.24) is 9.21 Å². The van der Waals surface area contributed by atoms with Crippen LogP contribution in [0.15, 0.2) is 65.1 Å². The number of carbonyl (C=O) groups is 1. The van der Waals surface area contributed by atoms with Crippen molar-refractivity contribution in [3.63, 3.8) is 0 Å². The number of carbonyl (C=O) groups excluding carboxylic acids is 1. The van der Waals surface area contributed by atoms with E-state index in [1.54, 1.807) is 25.1 Å². The lowest BCUT2D eigenvalue weighted by molar-refractivity contribution is -0.138. The molecule has 7 heteroatoms. The molecule has 0 aliphatic carbocycles. The highest BCUT2D eigenvalue weighted by Crippen LogP contribution is 2.25. The molecule has 0 bridgehead atoms. The Hall–Kier alpha value is -2.48. The van der Waals surface area contributed by atoms with Gasteiger partial charge in [0.25, 0.3) is 0 Å². The van der Waals surface area contributed by atoms with Gasteiger partial charge >= 0.3 is 5.97 Å². The van der Waals surface area contributed by atoms with E-state index >= 15 is 0 Å². The molecule has 0 saturated heterocycles. The standard InChI is InChI=1S/C22H26N2O4S/c1-4-28-22(25)20-13-14-24(16-20)29(26,27)21-11-9-19(10-12-21)18-7-5-17(6-8-18)15-23(2)3/h5-13H,4,14-16H2,1-3H3. The van der Waals surface area contributed by atoms with Gasteiger partial charge in [-0.25, -0.2) is 13.2 Å². The Balaban J connectivity index is 1.72. The minimum atomic E-state index is -3.67. The van der Waals surface area contributed by atoms with Gasteiger partial charge in [0, 0.05) is 25.2 Å². The predicted molar refractivity (Wildman–Crippen MR) is 113 cm³/mol. The molecule has 2 aromatic rings. The summed E-state index contributed by atoms with van der Waals surface area (Å²) in [4.78, 5) is 14.1. The Morgan fingerprint density at radius 2 is 1.62 bits per heavy atom. The minimum absolute atomic E-state index is 0.0380. The maximum absolute atomic E-state index is 12.9. The van der Waals surface area contributed by atoms with Crippen LogP contribution in [0, 0.1) is 0 Å². The van der Waals surface area contributed by atoms with Crippen LogP contribution in [-0.2, 0) is 26.1 Å². The second-order valence-electron chi connectivity index (χ2n) is 7.21. The fourth-order valence-electron chi connectivity index (χ4n) is 3.22. The quantitative estimate of drug-likeness (QED) is 0.652. The highest BCUT2D eigenvalue weighted by Gasteiger charge is 2.30. The molecule has 0 radical (unpaired) electrons. The van der Waals surface area contributed by atoms with Crippen molar-refractivity contribution in [2.45, 2.75) is 18.4 Å². The maximum atomic E-state index is 12.9. The van der Waals surface area contributed by atoms with E-state index in [0.717, 1.165) is 17.7 Å². The third kappa shape index (κ3) is 4.93. The molecule has 1 heterocycles. The Morgan fingerprint density at radius 1 is 1.03 bits per heavy atom. The van der Waals surface area contributed by atoms with E-state index in [9.17, 15) is 13.2 Å². The molecule has 1 aliphatic heterocycles. The molecule has 0 spiro atoms. The van der Waals surface area contributed by atoms with Crippen LogP contribution in [0.3, 0.4) is 0 Å². The summed E-state index contributed by atoms with van der Waals surface area (Å²) in [6.07, 6.45) is 1.61. The number of hydrogen-bond acceptors (Lipinski definition) is 5. The molecular formula is C22H26N2O4S. The van der Waals surface area contributed by atoms with Gasteiger partial charge < -0.3 is 9.64 Å². The van der Waals surface area contributed by atoms with Crippen molar-refractivity contribution in [3.05, 3.63) is 65.7 Å². The summed E-state index contributed by atoms with van der Waals surface area (Å²) in [6.45, 7) is 3.07. The largest absolute Gasteiger partial charge is 0.463 e. The van der Waals surface area contributed by atoms with Crippen molar-refractivity contribution in [3.8, 4) is 11.1 Å². The van der Waals surface area contributed by atoms with E-state index in [1.165, 1.54) is 9.87 Å². The third-order valence-electron chi connectivity index (χ3n) is 4.70. The molecule has 0 fully saturated rings. The topological polar surface area (TPSA) is 66.9 Å². The minimum Gasteiger partial charge on any atom is -0.463 e. The normalized spacial score (nSPS) is 14.8. The Labute approximate surface area is 172 Å². The lowest BCUT2D eigenvalue weighted by Crippen LogP contribution is -2.30. The Morgan fingerprint density at radius 3 is 2.17 bits per heavy atom. The molecule has 0 atom stereocenters. The molecule has 0 unspecified atom stereocenters. The second kappa shape index (κ2) is 8.90. The predicted octanol–water partition coefficient (Wildman–Crippen LogP) is 2.91. The van der Waals surface area contributed by atoms with Crippen molar-refractivity contribution >= 4 is 16.0 Å². The molecule has 154 valence electrons. The average molecular weight is 415 g/mol. The van der Waals surface area contributed by atoms with Crippen LogP contribution in [0.5, 0.6) is 0 Å². The number of ether oxygens (including phenoxy) is 1. The van der Waals surface area contributed by atoms with Gasteiger partial charge in [0.15, 0.2) is 0 Å². The van der Waals surface area contributed by atoms with Crippen molar-refractivity contribution < 1.29 is 17.9 Å². The van der Waals surface area contributed by atoms with Crippen molar-refractivity contribution in [2.75, 3.05) is 33.8 Å².